The van der Waals surface area contributed by atoms with Crippen LogP contribution >= 0.6 is 11.3 Å². The van der Waals surface area contributed by atoms with Crippen LogP contribution in [-0.4, -0.2) is 31.1 Å². The number of benzene rings is 1. The van der Waals surface area contributed by atoms with E-state index in [0.717, 1.165) is 15.8 Å². The Kier molecular flexibility index (Phi) is 5.71. The Hall–Kier alpha value is -2.93. The lowest BCUT2D eigenvalue weighted by Crippen LogP contribution is -2.30. The monoisotopic (exact) mass is 384 g/mol. The zero-order valence-corrected chi connectivity index (χ0v) is 16.1. The van der Waals surface area contributed by atoms with Gasteiger partial charge >= 0.3 is 5.97 Å². The number of nitrogens with one attached hydrogen (secondary N) is 1. The first-order chi connectivity index (χ1) is 13.0. The molecule has 0 spiro atoms. The van der Waals surface area contributed by atoms with E-state index in [4.69, 9.17) is 9.47 Å². The average molecular weight is 384 g/mol. The summed E-state index contributed by atoms with van der Waals surface area (Å²) in [6.07, 6.45) is 0.0661. The summed E-state index contributed by atoms with van der Waals surface area (Å²) in [6, 6.07) is 10.6. The Morgan fingerprint density at radius 1 is 1.22 bits per heavy atom. The van der Waals surface area contributed by atoms with Gasteiger partial charge in [0.2, 0.25) is 0 Å². The van der Waals surface area contributed by atoms with Gasteiger partial charge in [0.15, 0.2) is 0 Å². The van der Waals surface area contributed by atoms with Crippen LogP contribution in [0.15, 0.2) is 41.8 Å². The standard InChI is InChI=1S/C20H20N2O4S/c1-12-15(10-13-9-14(25-2)6-7-16(13)21-12)20(24)22-17(11-19(23)26-3)18-5-4-8-27-18/h4-10,17H,11H2,1-3H3,(H,22,24). The minimum absolute atomic E-state index is 0.0661. The summed E-state index contributed by atoms with van der Waals surface area (Å²) >= 11 is 1.48. The number of fused-ring (bicyclic) bond motifs is 1. The summed E-state index contributed by atoms with van der Waals surface area (Å²) in [4.78, 5) is 30.1. The van der Waals surface area contributed by atoms with E-state index in [9.17, 15) is 9.59 Å². The highest BCUT2D eigenvalue weighted by molar-refractivity contribution is 7.10. The number of amides is 1. The first-order valence-electron chi connectivity index (χ1n) is 8.38. The predicted octanol–water partition coefficient (Wildman–Crippen LogP) is 3.65. The van der Waals surface area contributed by atoms with E-state index >= 15 is 0 Å². The highest BCUT2D eigenvalue weighted by Crippen LogP contribution is 2.25. The molecule has 7 heteroatoms. The van der Waals surface area contributed by atoms with Crippen molar-refractivity contribution in [3.8, 4) is 5.75 Å². The third kappa shape index (κ3) is 4.25. The lowest BCUT2D eigenvalue weighted by molar-refractivity contribution is -0.141. The molecule has 2 heterocycles. The molecule has 0 saturated heterocycles. The highest BCUT2D eigenvalue weighted by atomic mass is 32.1. The molecule has 0 aliphatic heterocycles. The quantitative estimate of drug-likeness (QED) is 0.657. The van der Waals surface area contributed by atoms with Gasteiger partial charge in [-0.1, -0.05) is 6.07 Å². The maximum Gasteiger partial charge on any atom is 0.307 e. The van der Waals surface area contributed by atoms with Crippen molar-refractivity contribution in [2.24, 2.45) is 0 Å². The Balaban J connectivity index is 1.91. The summed E-state index contributed by atoms with van der Waals surface area (Å²) in [5.74, 6) is 0.0282. The maximum absolute atomic E-state index is 12.9. The van der Waals surface area contributed by atoms with Crippen molar-refractivity contribution >= 4 is 34.1 Å². The van der Waals surface area contributed by atoms with Crippen molar-refractivity contribution < 1.29 is 19.1 Å². The van der Waals surface area contributed by atoms with Gasteiger partial charge in [0.25, 0.3) is 5.91 Å². The molecule has 6 nitrogen and oxygen atoms in total. The van der Waals surface area contributed by atoms with E-state index in [1.54, 1.807) is 20.1 Å². The van der Waals surface area contributed by atoms with Crippen molar-refractivity contribution in [1.29, 1.82) is 0 Å². The molecule has 140 valence electrons. The largest absolute Gasteiger partial charge is 0.497 e. The number of hydrogen-bond acceptors (Lipinski definition) is 6. The fraction of sp³-hybridized carbons (Fsp3) is 0.250. The zero-order chi connectivity index (χ0) is 19.4. The molecule has 1 atom stereocenters. The minimum Gasteiger partial charge on any atom is -0.497 e. The molecule has 27 heavy (non-hydrogen) atoms. The predicted molar refractivity (Wildman–Crippen MR) is 104 cm³/mol. The molecule has 1 unspecified atom stereocenters. The summed E-state index contributed by atoms with van der Waals surface area (Å²) in [5, 5.41) is 5.65. The number of aromatic nitrogens is 1. The van der Waals surface area contributed by atoms with Gasteiger partial charge in [-0.3, -0.25) is 14.6 Å². The molecule has 0 bridgehead atoms. The molecular weight excluding hydrogens is 364 g/mol. The van der Waals surface area contributed by atoms with Crippen LogP contribution < -0.4 is 10.1 Å². The van der Waals surface area contributed by atoms with Crippen LogP contribution in [0.4, 0.5) is 0 Å². The van der Waals surface area contributed by atoms with Crippen LogP contribution in [0.1, 0.15) is 33.4 Å². The second kappa shape index (κ2) is 8.18. The van der Waals surface area contributed by atoms with Gasteiger partial charge in [0.05, 0.1) is 43.5 Å². The average Bonchev–Trinajstić information content (AvgIpc) is 3.21. The molecule has 3 aromatic rings. The van der Waals surface area contributed by atoms with Crippen molar-refractivity contribution in [2.45, 2.75) is 19.4 Å². The lowest BCUT2D eigenvalue weighted by Gasteiger charge is -2.17. The number of rotatable bonds is 6. The number of pyridine rings is 1. The molecule has 1 N–H and O–H groups in total. The second-order valence-corrected chi connectivity index (χ2v) is 6.98. The first kappa shape index (κ1) is 18.8. The summed E-state index contributed by atoms with van der Waals surface area (Å²) in [6.45, 7) is 1.79. The van der Waals surface area contributed by atoms with Gasteiger partial charge in [-0.2, -0.15) is 0 Å². The summed E-state index contributed by atoms with van der Waals surface area (Å²) < 4.78 is 10.0. The Labute approximate surface area is 161 Å². The minimum atomic E-state index is -0.453. The smallest absolute Gasteiger partial charge is 0.307 e. The third-order valence-corrected chi connectivity index (χ3v) is 5.23. The van der Waals surface area contributed by atoms with Crippen molar-refractivity contribution in [3.63, 3.8) is 0 Å². The number of carbonyl (C=O) groups excluding carboxylic acids is 2. The zero-order valence-electron chi connectivity index (χ0n) is 15.3. The van der Waals surface area contributed by atoms with Gasteiger partial charge in [0, 0.05) is 10.3 Å². The normalized spacial score (nSPS) is 11.8. The van der Waals surface area contributed by atoms with Crippen LogP contribution in [0.2, 0.25) is 0 Å². The molecule has 1 amide bonds. The molecule has 1 aromatic carbocycles. The van der Waals surface area contributed by atoms with E-state index < -0.39 is 6.04 Å². The van der Waals surface area contributed by atoms with E-state index in [-0.39, 0.29) is 18.3 Å². The number of carbonyl (C=O) groups is 2. The van der Waals surface area contributed by atoms with Gasteiger partial charge in [-0.05, 0) is 42.6 Å². The van der Waals surface area contributed by atoms with E-state index in [1.807, 2.05) is 35.7 Å². The fourth-order valence-corrected chi connectivity index (χ4v) is 3.58. The number of esters is 1. The number of nitrogens with zero attached hydrogens (tertiary/aromatic N) is 1. The molecule has 2 aromatic heterocycles. The lowest BCUT2D eigenvalue weighted by atomic mass is 10.1. The van der Waals surface area contributed by atoms with Gasteiger partial charge in [0.1, 0.15) is 5.75 Å². The van der Waals surface area contributed by atoms with Gasteiger partial charge < -0.3 is 14.8 Å². The number of aryl methyl sites for hydroxylation is 1. The van der Waals surface area contributed by atoms with Crippen LogP contribution in [0, 0.1) is 6.92 Å². The van der Waals surface area contributed by atoms with Crippen molar-refractivity contribution in [3.05, 3.63) is 57.9 Å². The Bertz CT molecular complexity index is 970. The highest BCUT2D eigenvalue weighted by Gasteiger charge is 2.22. The Morgan fingerprint density at radius 2 is 2.04 bits per heavy atom. The molecule has 0 aliphatic rings. The summed E-state index contributed by atoms with van der Waals surface area (Å²) in [5.41, 5.74) is 1.87. The van der Waals surface area contributed by atoms with Crippen LogP contribution in [0.5, 0.6) is 5.75 Å². The van der Waals surface area contributed by atoms with Gasteiger partial charge in [-0.15, -0.1) is 11.3 Å². The number of hydrogen-bond donors (Lipinski definition) is 1. The third-order valence-electron chi connectivity index (χ3n) is 4.25. The molecule has 0 radical (unpaired) electrons. The van der Waals surface area contributed by atoms with Crippen molar-refractivity contribution in [2.75, 3.05) is 14.2 Å². The Morgan fingerprint density at radius 3 is 2.70 bits per heavy atom. The topological polar surface area (TPSA) is 77.5 Å². The molecular formula is C20H20N2O4S. The van der Waals surface area contributed by atoms with Gasteiger partial charge in [-0.25, -0.2) is 0 Å². The van der Waals surface area contributed by atoms with Crippen LogP contribution in [0.25, 0.3) is 10.9 Å². The number of methoxy groups -OCH3 is 2. The van der Waals surface area contributed by atoms with E-state index in [2.05, 4.69) is 10.3 Å². The molecule has 3 rings (SSSR count). The first-order valence-corrected chi connectivity index (χ1v) is 9.26. The second-order valence-electron chi connectivity index (χ2n) is 6.00. The van der Waals surface area contributed by atoms with Crippen molar-refractivity contribution in [1.82, 2.24) is 10.3 Å². The van der Waals surface area contributed by atoms with Crippen LogP contribution in [-0.2, 0) is 9.53 Å². The summed E-state index contributed by atoms with van der Waals surface area (Å²) in [7, 11) is 2.93. The maximum atomic E-state index is 12.9. The van der Waals surface area contributed by atoms with Crippen LogP contribution in [0.3, 0.4) is 0 Å². The fourth-order valence-electron chi connectivity index (χ4n) is 2.81. The molecule has 0 fully saturated rings. The SMILES string of the molecule is COC(=O)CC(NC(=O)c1cc2cc(OC)ccc2nc1C)c1cccs1. The number of ether oxygens (including phenoxy) is 2. The molecule has 0 saturated carbocycles. The van der Waals surface area contributed by atoms with E-state index in [0.29, 0.717) is 17.0 Å². The number of thiophene rings is 1. The molecule has 0 aliphatic carbocycles. The van der Waals surface area contributed by atoms with E-state index in [1.165, 1.54) is 18.4 Å².